The van der Waals surface area contributed by atoms with Gasteiger partial charge in [-0.15, -0.1) is 0 Å². The summed E-state index contributed by atoms with van der Waals surface area (Å²) in [4.78, 5) is 18.8. The van der Waals surface area contributed by atoms with Crippen LogP contribution in [0.15, 0.2) is 12.4 Å². The predicted octanol–water partition coefficient (Wildman–Crippen LogP) is 1.66. The highest BCUT2D eigenvalue weighted by atomic mass is 35.5. The number of carbonyl (C=O) groups excluding carboxylic acids is 1. The zero-order chi connectivity index (χ0) is 14.9. The molecule has 2 heterocycles. The lowest BCUT2D eigenvalue weighted by Crippen LogP contribution is -2.49. The maximum atomic E-state index is 12.6. The van der Waals surface area contributed by atoms with Crippen molar-refractivity contribution in [1.29, 1.82) is 0 Å². The van der Waals surface area contributed by atoms with Crippen molar-refractivity contribution >= 4 is 17.5 Å². The number of aromatic nitrogens is 1. The van der Waals surface area contributed by atoms with Crippen LogP contribution >= 0.6 is 11.6 Å². The molecule has 1 atom stereocenters. The Kier molecular flexibility index (Phi) is 4.32. The van der Waals surface area contributed by atoms with Crippen LogP contribution in [0.1, 0.15) is 16.8 Å². The molecular formula is C14H21ClN3O2+. The summed E-state index contributed by atoms with van der Waals surface area (Å²) >= 11 is 6.13. The fourth-order valence-electron chi connectivity index (χ4n) is 2.38. The van der Waals surface area contributed by atoms with Crippen LogP contribution < -0.4 is 4.74 Å². The van der Waals surface area contributed by atoms with Crippen LogP contribution in [0.3, 0.4) is 0 Å². The number of fused-ring (bicyclic) bond motifs is 1. The van der Waals surface area contributed by atoms with Gasteiger partial charge in [-0.25, -0.2) is 4.79 Å². The fraction of sp³-hybridized carbons (Fsp3) is 0.571. The number of likely N-dealkylation sites (N-methyl/N-ethyl adjacent to an activating group) is 1. The molecule has 110 valence electrons. The van der Waals surface area contributed by atoms with Crippen molar-refractivity contribution in [3.8, 4) is 5.75 Å². The van der Waals surface area contributed by atoms with E-state index >= 15 is 0 Å². The molecule has 6 heteroatoms. The molecule has 0 spiro atoms. The van der Waals surface area contributed by atoms with Crippen LogP contribution in [0.5, 0.6) is 5.75 Å². The molecule has 1 unspecified atom stereocenters. The van der Waals surface area contributed by atoms with E-state index in [2.05, 4.69) is 9.88 Å². The third-order valence-electron chi connectivity index (χ3n) is 3.48. The fourth-order valence-corrected chi connectivity index (χ4v) is 2.61. The standard InChI is InChI=1S/C14H21ClN3O2/c1-17(2)6-5-10-9-18(3,4)14(19)13-11(15)7-16-8-12(13)20-10/h7-8,10H,5-6,9H2,1-4H3/q+1. The molecule has 1 aromatic heterocycles. The number of quaternary nitrogens is 1. The van der Waals surface area contributed by atoms with Gasteiger partial charge in [-0.1, -0.05) is 11.6 Å². The van der Waals surface area contributed by atoms with E-state index < -0.39 is 0 Å². The Balaban J connectivity index is 2.34. The van der Waals surface area contributed by atoms with Crippen LogP contribution in [0.2, 0.25) is 5.02 Å². The quantitative estimate of drug-likeness (QED) is 0.796. The van der Waals surface area contributed by atoms with E-state index in [9.17, 15) is 4.79 Å². The summed E-state index contributed by atoms with van der Waals surface area (Å²) in [6.07, 6.45) is 3.89. The van der Waals surface area contributed by atoms with Gasteiger partial charge < -0.3 is 9.64 Å². The smallest absolute Gasteiger partial charge is 0.351 e. The third-order valence-corrected chi connectivity index (χ3v) is 3.77. The maximum Gasteiger partial charge on any atom is 0.351 e. The number of halogens is 1. The first-order valence-electron chi connectivity index (χ1n) is 6.64. The van der Waals surface area contributed by atoms with Gasteiger partial charge in [-0.2, -0.15) is 0 Å². The number of hydrogen-bond donors (Lipinski definition) is 0. The molecule has 1 aliphatic rings. The lowest BCUT2D eigenvalue weighted by molar-refractivity contribution is -0.810. The van der Waals surface area contributed by atoms with Gasteiger partial charge in [0.2, 0.25) is 0 Å². The molecule has 0 fully saturated rings. The summed E-state index contributed by atoms with van der Waals surface area (Å²) in [5, 5.41) is 0.354. The summed E-state index contributed by atoms with van der Waals surface area (Å²) < 4.78 is 6.22. The molecule has 5 nitrogen and oxygen atoms in total. The van der Waals surface area contributed by atoms with Crippen LogP contribution in [0.25, 0.3) is 0 Å². The highest BCUT2D eigenvalue weighted by Gasteiger charge is 2.39. The lowest BCUT2D eigenvalue weighted by atomic mass is 10.2. The lowest BCUT2D eigenvalue weighted by Gasteiger charge is -2.28. The first-order valence-corrected chi connectivity index (χ1v) is 7.02. The topological polar surface area (TPSA) is 42.4 Å². The molecule has 0 bridgehead atoms. The predicted molar refractivity (Wildman–Crippen MR) is 78.1 cm³/mol. The SMILES string of the molecule is CN(C)CCC1C[N+](C)(C)C(=O)c2c(Cl)cncc2O1. The minimum absolute atomic E-state index is 0.0280. The Bertz CT molecular complexity index is 517. The molecular weight excluding hydrogens is 278 g/mol. The molecule has 0 saturated heterocycles. The molecule has 1 aromatic rings. The Labute approximate surface area is 124 Å². The normalized spacial score (nSPS) is 21.3. The van der Waals surface area contributed by atoms with Gasteiger partial charge in [0, 0.05) is 19.2 Å². The van der Waals surface area contributed by atoms with Gasteiger partial charge >= 0.3 is 5.91 Å². The van der Waals surface area contributed by atoms with E-state index in [0.29, 0.717) is 22.9 Å². The van der Waals surface area contributed by atoms with E-state index in [-0.39, 0.29) is 16.5 Å². The third kappa shape index (κ3) is 3.11. The minimum atomic E-state index is -0.0298. The Morgan fingerprint density at radius 3 is 2.80 bits per heavy atom. The molecule has 0 aromatic carbocycles. The van der Waals surface area contributed by atoms with Gasteiger partial charge in [0.1, 0.15) is 18.2 Å². The van der Waals surface area contributed by atoms with Crippen molar-refractivity contribution in [2.75, 3.05) is 41.3 Å². The highest BCUT2D eigenvalue weighted by Crippen LogP contribution is 2.32. The Hall–Kier alpha value is -1.17. The molecule has 20 heavy (non-hydrogen) atoms. The number of rotatable bonds is 3. The molecule has 2 rings (SSSR count). The van der Waals surface area contributed by atoms with Crippen LogP contribution in [-0.2, 0) is 0 Å². The molecule has 0 saturated carbocycles. The van der Waals surface area contributed by atoms with Crippen molar-refractivity contribution in [1.82, 2.24) is 9.88 Å². The summed E-state index contributed by atoms with van der Waals surface area (Å²) in [5.74, 6) is 0.467. The van der Waals surface area contributed by atoms with E-state index in [1.807, 2.05) is 28.2 Å². The van der Waals surface area contributed by atoms with E-state index in [1.54, 1.807) is 6.20 Å². The van der Waals surface area contributed by atoms with E-state index in [4.69, 9.17) is 16.3 Å². The highest BCUT2D eigenvalue weighted by molar-refractivity contribution is 6.33. The average Bonchev–Trinajstić information content (AvgIpc) is 2.44. The summed E-state index contributed by atoms with van der Waals surface area (Å²) in [6.45, 7) is 1.53. The van der Waals surface area contributed by atoms with Crippen molar-refractivity contribution in [2.24, 2.45) is 0 Å². The number of amides is 1. The summed E-state index contributed by atoms with van der Waals surface area (Å²) in [5.41, 5.74) is 0.444. The Morgan fingerprint density at radius 1 is 1.45 bits per heavy atom. The second-order valence-electron chi connectivity index (χ2n) is 6.00. The zero-order valence-electron chi connectivity index (χ0n) is 12.4. The van der Waals surface area contributed by atoms with Crippen molar-refractivity contribution in [2.45, 2.75) is 12.5 Å². The van der Waals surface area contributed by atoms with Gasteiger partial charge in [-0.3, -0.25) is 9.47 Å². The van der Waals surface area contributed by atoms with E-state index in [0.717, 1.165) is 13.0 Å². The second-order valence-corrected chi connectivity index (χ2v) is 6.41. The zero-order valence-corrected chi connectivity index (χ0v) is 13.1. The minimum Gasteiger partial charge on any atom is -0.482 e. The van der Waals surface area contributed by atoms with Crippen molar-refractivity contribution in [3.63, 3.8) is 0 Å². The molecule has 0 radical (unpaired) electrons. The summed E-state index contributed by atoms with van der Waals surface area (Å²) in [7, 11) is 7.82. The van der Waals surface area contributed by atoms with Crippen LogP contribution in [-0.4, -0.2) is 67.7 Å². The van der Waals surface area contributed by atoms with Gasteiger partial charge in [-0.05, 0) is 14.1 Å². The van der Waals surface area contributed by atoms with Crippen LogP contribution in [0.4, 0.5) is 0 Å². The average molecular weight is 299 g/mol. The van der Waals surface area contributed by atoms with Crippen molar-refractivity contribution in [3.05, 3.63) is 23.0 Å². The van der Waals surface area contributed by atoms with Gasteiger partial charge in [0.25, 0.3) is 0 Å². The van der Waals surface area contributed by atoms with E-state index in [1.165, 1.54) is 6.20 Å². The first-order chi connectivity index (χ1) is 9.31. The summed E-state index contributed by atoms with van der Waals surface area (Å²) in [6, 6.07) is 0. The van der Waals surface area contributed by atoms with Crippen LogP contribution in [0, 0.1) is 0 Å². The first kappa shape index (κ1) is 15.2. The monoisotopic (exact) mass is 298 g/mol. The number of nitrogens with zero attached hydrogens (tertiary/aromatic N) is 3. The molecule has 0 N–H and O–H groups in total. The second kappa shape index (κ2) is 5.68. The molecule has 0 aliphatic carbocycles. The molecule has 1 amide bonds. The van der Waals surface area contributed by atoms with Gasteiger partial charge in [0.05, 0.1) is 25.3 Å². The largest absolute Gasteiger partial charge is 0.482 e. The number of pyridine rings is 1. The maximum absolute atomic E-state index is 12.6. The molecule has 1 aliphatic heterocycles. The number of ether oxygens (including phenoxy) is 1. The van der Waals surface area contributed by atoms with Crippen molar-refractivity contribution < 1.29 is 14.0 Å². The van der Waals surface area contributed by atoms with Gasteiger partial charge in [0.15, 0.2) is 5.75 Å². The number of hydrogen-bond acceptors (Lipinski definition) is 4. The Morgan fingerprint density at radius 2 is 2.15 bits per heavy atom. The number of carbonyl (C=O) groups is 1.